The van der Waals surface area contributed by atoms with Crippen LogP contribution in [0.1, 0.15) is 32.1 Å². The third kappa shape index (κ3) is 2.09. The summed E-state index contributed by atoms with van der Waals surface area (Å²) in [7, 11) is 0. The summed E-state index contributed by atoms with van der Waals surface area (Å²) in [4.78, 5) is 4.33. The van der Waals surface area contributed by atoms with Crippen LogP contribution >= 0.6 is 11.3 Å². The Morgan fingerprint density at radius 1 is 1.24 bits per heavy atom. The zero-order valence-electron chi connectivity index (χ0n) is 9.78. The molecule has 3 nitrogen and oxygen atoms in total. The molecule has 1 aliphatic rings. The van der Waals surface area contributed by atoms with Gasteiger partial charge in [0.2, 0.25) is 0 Å². The van der Waals surface area contributed by atoms with Crippen LogP contribution in [0.3, 0.4) is 0 Å². The molecule has 1 fully saturated rings. The Kier molecular flexibility index (Phi) is 2.89. The molecule has 0 bridgehead atoms. The van der Waals surface area contributed by atoms with Crippen molar-refractivity contribution in [3.8, 4) is 0 Å². The van der Waals surface area contributed by atoms with E-state index in [1.807, 2.05) is 5.51 Å². The molecule has 1 heterocycles. The number of nitrogens with zero attached hydrogens (tertiary/aromatic N) is 1. The van der Waals surface area contributed by atoms with E-state index in [2.05, 4.69) is 22.4 Å². The molecule has 4 heteroatoms. The third-order valence-electron chi connectivity index (χ3n) is 3.51. The van der Waals surface area contributed by atoms with Crippen molar-refractivity contribution in [2.45, 2.75) is 38.1 Å². The van der Waals surface area contributed by atoms with Crippen molar-refractivity contribution in [3.63, 3.8) is 0 Å². The molecule has 17 heavy (non-hydrogen) atoms. The molecule has 0 aliphatic heterocycles. The van der Waals surface area contributed by atoms with E-state index in [1.54, 1.807) is 11.3 Å². The highest BCUT2D eigenvalue weighted by Gasteiger charge is 2.15. The summed E-state index contributed by atoms with van der Waals surface area (Å²) < 4.78 is 1.16. The molecule has 1 aliphatic carbocycles. The lowest BCUT2D eigenvalue weighted by Gasteiger charge is -2.24. The number of rotatable bonds is 2. The van der Waals surface area contributed by atoms with Crippen LogP contribution in [0.25, 0.3) is 10.2 Å². The predicted molar refractivity (Wildman–Crippen MR) is 74.5 cm³/mol. The summed E-state index contributed by atoms with van der Waals surface area (Å²) in [5.41, 5.74) is 10.8. The first kappa shape index (κ1) is 10.8. The number of benzene rings is 1. The first-order chi connectivity index (χ1) is 8.34. The molecule has 0 unspecified atom stereocenters. The predicted octanol–water partition coefficient (Wildman–Crippen LogP) is 3.62. The Morgan fingerprint density at radius 3 is 2.88 bits per heavy atom. The summed E-state index contributed by atoms with van der Waals surface area (Å²) >= 11 is 1.64. The molecular weight excluding hydrogens is 230 g/mol. The van der Waals surface area contributed by atoms with Gasteiger partial charge in [0, 0.05) is 6.04 Å². The maximum Gasteiger partial charge on any atom is 0.106 e. The maximum absolute atomic E-state index is 6.16. The van der Waals surface area contributed by atoms with Gasteiger partial charge in [-0.05, 0) is 25.0 Å². The number of nitrogens with two attached hydrogens (primary N) is 1. The van der Waals surface area contributed by atoms with E-state index in [-0.39, 0.29) is 0 Å². The maximum atomic E-state index is 6.16. The fourth-order valence-electron chi connectivity index (χ4n) is 2.54. The van der Waals surface area contributed by atoms with Gasteiger partial charge in [0.15, 0.2) is 0 Å². The standard InChI is InChI=1S/C13H17N3S/c14-12-10(16-9-4-2-1-3-5-9)6-7-11-13(12)15-8-17-11/h6-9,16H,1-5,14H2. The van der Waals surface area contributed by atoms with Gasteiger partial charge in [-0.2, -0.15) is 0 Å². The molecule has 1 saturated carbocycles. The van der Waals surface area contributed by atoms with Crippen LogP contribution in [0, 0.1) is 0 Å². The molecule has 3 N–H and O–H groups in total. The van der Waals surface area contributed by atoms with Crippen LogP contribution in [-0.4, -0.2) is 11.0 Å². The van der Waals surface area contributed by atoms with Crippen molar-refractivity contribution in [2.24, 2.45) is 0 Å². The van der Waals surface area contributed by atoms with Crippen molar-refractivity contribution in [1.29, 1.82) is 0 Å². The van der Waals surface area contributed by atoms with E-state index >= 15 is 0 Å². The summed E-state index contributed by atoms with van der Waals surface area (Å²) in [5.74, 6) is 0. The van der Waals surface area contributed by atoms with Gasteiger partial charge in [0.05, 0.1) is 21.6 Å². The molecule has 1 aromatic heterocycles. The minimum atomic E-state index is 0.585. The quantitative estimate of drug-likeness (QED) is 0.797. The van der Waals surface area contributed by atoms with Gasteiger partial charge in [-0.3, -0.25) is 0 Å². The van der Waals surface area contributed by atoms with Crippen LogP contribution in [0.4, 0.5) is 11.4 Å². The van der Waals surface area contributed by atoms with E-state index in [0.29, 0.717) is 6.04 Å². The summed E-state index contributed by atoms with van der Waals surface area (Å²) in [6.07, 6.45) is 6.55. The van der Waals surface area contributed by atoms with Crippen LogP contribution in [-0.2, 0) is 0 Å². The van der Waals surface area contributed by atoms with Gasteiger partial charge in [-0.1, -0.05) is 19.3 Å². The number of thiazole rings is 1. The lowest BCUT2D eigenvalue weighted by Crippen LogP contribution is -2.22. The molecule has 0 amide bonds. The fraction of sp³-hybridized carbons (Fsp3) is 0.462. The molecule has 3 rings (SSSR count). The van der Waals surface area contributed by atoms with Gasteiger partial charge in [-0.15, -0.1) is 11.3 Å². The van der Waals surface area contributed by atoms with E-state index in [4.69, 9.17) is 5.73 Å². The molecule has 0 saturated heterocycles. The van der Waals surface area contributed by atoms with Crippen molar-refractivity contribution in [3.05, 3.63) is 17.6 Å². The van der Waals surface area contributed by atoms with Gasteiger partial charge >= 0.3 is 0 Å². The summed E-state index contributed by atoms with van der Waals surface area (Å²) in [5, 5.41) is 3.57. The Hall–Kier alpha value is -1.29. The Bertz CT molecular complexity index is 514. The minimum absolute atomic E-state index is 0.585. The van der Waals surface area contributed by atoms with Gasteiger partial charge < -0.3 is 11.1 Å². The van der Waals surface area contributed by atoms with Crippen LogP contribution < -0.4 is 11.1 Å². The first-order valence-corrected chi connectivity index (χ1v) is 7.11. The monoisotopic (exact) mass is 247 g/mol. The van der Waals surface area contributed by atoms with Gasteiger partial charge in [0.25, 0.3) is 0 Å². The first-order valence-electron chi connectivity index (χ1n) is 6.23. The zero-order chi connectivity index (χ0) is 11.7. The second-order valence-corrected chi connectivity index (χ2v) is 5.59. The number of aromatic nitrogens is 1. The lowest BCUT2D eigenvalue weighted by atomic mass is 9.95. The van der Waals surface area contributed by atoms with Gasteiger partial charge in [0.1, 0.15) is 5.52 Å². The zero-order valence-corrected chi connectivity index (χ0v) is 10.6. The molecule has 0 atom stereocenters. The average molecular weight is 247 g/mol. The topological polar surface area (TPSA) is 50.9 Å². The highest BCUT2D eigenvalue weighted by atomic mass is 32.1. The lowest BCUT2D eigenvalue weighted by molar-refractivity contribution is 0.463. The molecule has 90 valence electrons. The van der Waals surface area contributed by atoms with E-state index < -0.39 is 0 Å². The highest BCUT2D eigenvalue weighted by molar-refractivity contribution is 7.16. The number of hydrogen-bond donors (Lipinski definition) is 2. The number of fused-ring (bicyclic) bond motifs is 1. The summed E-state index contributed by atoms with van der Waals surface area (Å²) in [6, 6.07) is 4.78. The normalized spacial score (nSPS) is 17.4. The van der Waals surface area contributed by atoms with Crippen molar-refractivity contribution < 1.29 is 0 Å². The van der Waals surface area contributed by atoms with Gasteiger partial charge in [-0.25, -0.2) is 4.98 Å². The van der Waals surface area contributed by atoms with E-state index in [0.717, 1.165) is 21.6 Å². The number of hydrogen-bond acceptors (Lipinski definition) is 4. The van der Waals surface area contributed by atoms with E-state index in [1.165, 1.54) is 32.1 Å². The Labute approximate surface area is 105 Å². The van der Waals surface area contributed by atoms with Crippen LogP contribution in [0.5, 0.6) is 0 Å². The van der Waals surface area contributed by atoms with Crippen molar-refractivity contribution >= 4 is 32.9 Å². The Morgan fingerprint density at radius 2 is 2.06 bits per heavy atom. The second-order valence-electron chi connectivity index (χ2n) is 4.71. The second kappa shape index (κ2) is 4.53. The summed E-state index contributed by atoms with van der Waals surface area (Å²) in [6.45, 7) is 0. The molecule has 0 spiro atoms. The average Bonchev–Trinajstić information content (AvgIpc) is 2.83. The molecular formula is C13H17N3S. The minimum Gasteiger partial charge on any atom is -0.395 e. The number of nitrogens with one attached hydrogen (secondary N) is 1. The van der Waals surface area contributed by atoms with Crippen molar-refractivity contribution in [2.75, 3.05) is 11.1 Å². The smallest absolute Gasteiger partial charge is 0.106 e. The SMILES string of the molecule is Nc1c(NC2CCCCC2)ccc2scnc12. The molecule has 1 aromatic carbocycles. The molecule has 2 aromatic rings. The number of nitrogen functional groups attached to an aromatic ring is 1. The molecule has 0 radical (unpaired) electrons. The van der Waals surface area contributed by atoms with Crippen LogP contribution in [0.15, 0.2) is 17.6 Å². The number of anilines is 2. The fourth-order valence-corrected chi connectivity index (χ4v) is 3.24. The highest BCUT2D eigenvalue weighted by Crippen LogP contribution is 2.31. The Balaban J connectivity index is 1.86. The van der Waals surface area contributed by atoms with Crippen LogP contribution in [0.2, 0.25) is 0 Å². The third-order valence-corrected chi connectivity index (χ3v) is 4.30. The van der Waals surface area contributed by atoms with E-state index in [9.17, 15) is 0 Å². The largest absolute Gasteiger partial charge is 0.395 e. The van der Waals surface area contributed by atoms with Crippen molar-refractivity contribution in [1.82, 2.24) is 4.98 Å².